The molecule has 0 N–H and O–H groups in total. The van der Waals surface area contributed by atoms with Crippen LogP contribution in [0.4, 0.5) is 10.1 Å². The van der Waals surface area contributed by atoms with E-state index >= 15 is 0 Å². The number of nitrogens with zero attached hydrogens (tertiary/aromatic N) is 3. The fourth-order valence-electron chi connectivity index (χ4n) is 5.56. The fraction of sp³-hybridized carbons (Fsp3) is 0.133. The van der Waals surface area contributed by atoms with E-state index in [0.29, 0.717) is 18.7 Å². The molecule has 0 saturated heterocycles. The monoisotopic (exact) mass is 475 g/mol. The summed E-state index contributed by atoms with van der Waals surface area (Å²) in [5, 5.41) is 6.82. The fourth-order valence-corrected chi connectivity index (χ4v) is 5.56. The van der Waals surface area contributed by atoms with Gasteiger partial charge < -0.3 is 9.64 Å². The van der Waals surface area contributed by atoms with Crippen LogP contribution in [-0.4, -0.2) is 16.6 Å². The summed E-state index contributed by atoms with van der Waals surface area (Å²) in [6.45, 7) is 0.427. The number of rotatable bonds is 3. The highest BCUT2D eigenvalue weighted by molar-refractivity contribution is 6.08. The molecule has 3 heterocycles. The van der Waals surface area contributed by atoms with Gasteiger partial charge in [-0.15, -0.1) is 0 Å². The summed E-state index contributed by atoms with van der Waals surface area (Å²) in [5.74, 6) is 0.215. The van der Waals surface area contributed by atoms with E-state index in [2.05, 4.69) is 0 Å². The third-order valence-electron chi connectivity index (χ3n) is 7.22. The van der Waals surface area contributed by atoms with Gasteiger partial charge in [0, 0.05) is 12.0 Å². The molecule has 1 amide bonds. The lowest BCUT2D eigenvalue weighted by Crippen LogP contribution is -2.57. The number of fused-ring (bicyclic) bond motifs is 6. The van der Waals surface area contributed by atoms with Gasteiger partial charge in [0.2, 0.25) is 0 Å². The number of carbonyl (C=O) groups excluding carboxylic acids is 1. The van der Waals surface area contributed by atoms with Crippen LogP contribution in [0.2, 0.25) is 0 Å². The first-order chi connectivity index (χ1) is 17.6. The predicted octanol–water partition coefficient (Wildman–Crippen LogP) is 5.77. The zero-order chi connectivity index (χ0) is 24.3. The van der Waals surface area contributed by atoms with Gasteiger partial charge in [0.15, 0.2) is 0 Å². The molecule has 2 atom stereocenters. The van der Waals surface area contributed by atoms with Crippen molar-refractivity contribution in [3.05, 3.63) is 131 Å². The van der Waals surface area contributed by atoms with Crippen LogP contribution in [0.5, 0.6) is 5.75 Å². The van der Waals surface area contributed by atoms with Crippen LogP contribution in [0, 0.1) is 5.82 Å². The minimum absolute atomic E-state index is 0.170. The minimum atomic E-state index is -1.42. The highest BCUT2D eigenvalue weighted by Crippen LogP contribution is 2.55. The number of hydrogen-bond acceptors (Lipinski definition) is 4. The summed E-state index contributed by atoms with van der Waals surface area (Å²) in [7, 11) is 0. The third kappa shape index (κ3) is 2.94. The standard InChI is InChI=1S/C30H22FN3O2/c31-22-16-14-21(15-17-22)25-18-27-23-10-4-7-13-28(23)36-30(34(27)32-25)24-11-5-6-12-26(24)33(29(30)35)19-20-8-2-1-3-9-20/h1-17,27H,18-19H2/t27-,30+/m1/s1. The lowest BCUT2D eigenvalue weighted by atomic mass is 9.92. The Bertz CT molecular complexity index is 1520. The molecule has 0 radical (unpaired) electrons. The number of hydrogen-bond donors (Lipinski definition) is 0. The number of para-hydroxylation sites is 2. The first-order valence-electron chi connectivity index (χ1n) is 12.0. The normalized spacial score (nSPS) is 21.6. The van der Waals surface area contributed by atoms with E-state index in [1.807, 2.05) is 83.9 Å². The molecule has 0 fully saturated rings. The molecule has 176 valence electrons. The first-order valence-corrected chi connectivity index (χ1v) is 12.0. The van der Waals surface area contributed by atoms with Crippen LogP contribution in [0.25, 0.3) is 0 Å². The number of anilines is 1. The lowest BCUT2D eigenvalue weighted by Gasteiger charge is -2.44. The summed E-state index contributed by atoms with van der Waals surface area (Å²) >= 11 is 0. The topological polar surface area (TPSA) is 45.1 Å². The Morgan fingerprint density at radius 2 is 1.61 bits per heavy atom. The number of hydrazone groups is 1. The van der Waals surface area contributed by atoms with Gasteiger partial charge in [-0.05, 0) is 35.4 Å². The minimum Gasteiger partial charge on any atom is -0.453 e. The molecule has 3 aliphatic heterocycles. The second-order valence-corrected chi connectivity index (χ2v) is 9.30. The molecule has 0 unspecified atom stereocenters. The van der Waals surface area contributed by atoms with Crippen molar-refractivity contribution in [1.82, 2.24) is 5.01 Å². The lowest BCUT2D eigenvalue weighted by molar-refractivity contribution is -0.164. The van der Waals surface area contributed by atoms with E-state index in [-0.39, 0.29) is 17.8 Å². The number of ether oxygens (including phenoxy) is 1. The van der Waals surface area contributed by atoms with Crippen molar-refractivity contribution in [3.8, 4) is 5.75 Å². The predicted molar refractivity (Wildman–Crippen MR) is 135 cm³/mol. The average molecular weight is 476 g/mol. The van der Waals surface area contributed by atoms with Crippen molar-refractivity contribution in [1.29, 1.82) is 0 Å². The molecule has 7 rings (SSSR count). The Kier molecular flexibility index (Phi) is 4.51. The van der Waals surface area contributed by atoms with Crippen LogP contribution in [-0.2, 0) is 17.1 Å². The summed E-state index contributed by atoms with van der Waals surface area (Å²) in [4.78, 5) is 16.2. The highest BCUT2D eigenvalue weighted by atomic mass is 19.1. The quantitative estimate of drug-likeness (QED) is 0.378. The molecule has 4 aromatic rings. The Morgan fingerprint density at radius 1 is 0.889 bits per heavy atom. The summed E-state index contributed by atoms with van der Waals surface area (Å²) < 4.78 is 20.3. The second kappa shape index (κ2) is 7.78. The molecule has 1 spiro atoms. The Labute approximate surface area is 208 Å². The van der Waals surface area contributed by atoms with Crippen LogP contribution in [0.3, 0.4) is 0 Å². The van der Waals surface area contributed by atoms with Crippen molar-refractivity contribution in [3.63, 3.8) is 0 Å². The molecule has 0 aliphatic carbocycles. The summed E-state index contributed by atoms with van der Waals surface area (Å²) in [5.41, 5.74) is 3.80. The molecule has 3 aliphatic rings. The van der Waals surface area contributed by atoms with Crippen molar-refractivity contribution in [2.75, 3.05) is 4.90 Å². The third-order valence-corrected chi connectivity index (χ3v) is 7.22. The summed E-state index contributed by atoms with van der Waals surface area (Å²) in [6.07, 6.45) is 0.585. The molecule has 0 saturated carbocycles. The van der Waals surface area contributed by atoms with Crippen LogP contribution in [0.1, 0.15) is 34.7 Å². The van der Waals surface area contributed by atoms with E-state index in [4.69, 9.17) is 9.84 Å². The van der Waals surface area contributed by atoms with E-state index in [1.54, 1.807) is 17.0 Å². The van der Waals surface area contributed by atoms with E-state index in [9.17, 15) is 9.18 Å². The molecule has 36 heavy (non-hydrogen) atoms. The van der Waals surface area contributed by atoms with Crippen molar-refractivity contribution >= 4 is 17.3 Å². The molecule has 5 nitrogen and oxygen atoms in total. The number of carbonyl (C=O) groups is 1. The largest absolute Gasteiger partial charge is 0.453 e. The zero-order valence-electron chi connectivity index (χ0n) is 19.3. The number of benzene rings is 4. The van der Waals surface area contributed by atoms with Crippen molar-refractivity contribution in [2.24, 2.45) is 5.10 Å². The smallest absolute Gasteiger partial charge is 0.306 e. The molecular formula is C30H22FN3O2. The second-order valence-electron chi connectivity index (χ2n) is 9.30. The van der Waals surface area contributed by atoms with Gasteiger partial charge in [-0.1, -0.05) is 78.9 Å². The summed E-state index contributed by atoms with van der Waals surface area (Å²) in [6, 6.07) is 31.7. The van der Waals surface area contributed by atoms with Gasteiger partial charge >= 0.3 is 5.72 Å². The van der Waals surface area contributed by atoms with E-state index in [0.717, 1.165) is 33.7 Å². The zero-order valence-corrected chi connectivity index (χ0v) is 19.3. The van der Waals surface area contributed by atoms with Gasteiger partial charge in [-0.2, -0.15) is 5.10 Å². The molecule has 6 heteroatoms. The van der Waals surface area contributed by atoms with Crippen LogP contribution < -0.4 is 9.64 Å². The molecule has 0 bridgehead atoms. The Hall–Kier alpha value is -4.45. The maximum absolute atomic E-state index is 14.4. The SMILES string of the molecule is O=C1N(Cc2ccccc2)c2ccccc2[C@]12Oc1ccccc1[C@H]1CC(c3ccc(F)cc3)=NN12. The molecular weight excluding hydrogens is 453 g/mol. The van der Waals surface area contributed by atoms with Crippen molar-refractivity contribution in [2.45, 2.75) is 24.7 Å². The molecule has 4 aromatic carbocycles. The van der Waals surface area contributed by atoms with Crippen LogP contribution >= 0.6 is 0 Å². The Balaban J connectivity index is 1.40. The van der Waals surface area contributed by atoms with Crippen molar-refractivity contribution < 1.29 is 13.9 Å². The van der Waals surface area contributed by atoms with E-state index in [1.165, 1.54) is 12.1 Å². The number of amides is 1. The van der Waals surface area contributed by atoms with Gasteiger partial charge in [0.25, 0.3) is 5.91 Å². The Morgan fingerprint density at radius 3 is 2.44 bits per heavy atom. The maximum atomic E-state index is 14.4. The number of halogens is 1. The first kappa shape index (κ1) is 20.9. The van der Waals surface area contributed by atoms with Gasteiger partial charge in [-0.3, -0.25) is 4.79 Å². The van der Waals surface area contributed by atoms with Gasteiger partial charge in [0.1, 0.15) is 11.6 Å². The van der Waals surface area contributed by atoms with E-state index < -0.39 is 5.72 Å². The van der Waals surface area contributed by atoms with Gasteiger partial charge in [0.05, 0.1) is 29.5 Å². The highest BCUT2D eigenvalue weighted by Gasteiger charge is 2.63. The van der Waals surface area contributed by atoms with Gasteiger partial charge in [-0.25, -0.2) is 9.40 Å². The average Bonchev–Trinajstić information content (AvgIpc) is 3.46. The molecule has 0 aromatic heterocycles. The maximum Gasteiger partial charge on any atom is 0.306 e. The van der Waals surface area contributed by atoms with Crippen LogP contribution in [0.15, 0.2) is 108 Å².